The molecule has 0 bridgehead atoms. The smallest absolute Gasteiger partial charge is 0.359 e. The molecule has 0 aliphatic rings. The molecule has 6 N–H and O–H groups in total. The summed E-state index contributed by atoms with van der Waals surface area (Å²) in [4.78, 5) is 28.1. The fourth-order valence-electron chi connectivity index (χ4n) is 0.667. The molecule has 0 saturated carbocycles. The van der Waals surface area contributed by atoms with Crippen LogP contribution < -0.4 is 5.73 Å². The second-order valence-corrected chi connectivity index (χ2v) is 3.96. The van der Waals surface area contributed by atoms with E-state index in [9.17, 15) is 9.36 Å². The molecule has 10 heteroatoms. The van der Waals surface area contributed by atoms with Crippen molar-refractivity contribution in [1.82, 2.24) is 4.90 Å². The first-order chi connectivity index (χ1) is 5.68. The predicted molar refractivity (Wildman–Crippen MR) is 48.9 cm³/mol. The van der Waals surface area contributed by atoms with Gasteiger partial charge in [-0.2, -0.15) is 0 Å². The van der Waals surface area contributed by atoms with Gasteiger partial charge >= 0.3 is 13.6 Å². The maximum Gasteiger partial charge on any atom is 0.359 e. The van der Waals surface area contributed by atoms with Gasteiger partial charge in [0.05, 0.1) is 0 Å². The fraction of sp³-hybridized carbons (Fsp3) is 0.500. The number of nitrogens with one attached hydrogen (secondary N) is 1. The molecule has 0 spiro atoms. The van der Waals surface area contributed by atoms with Crippen LogP contribution in [-0.2, 0) is 9.36 Å². The Bertz CT molecular complexity index is 278. The van der Waals surface area contributed by atoms with Crippen LogP contribution in [0.25, 0.3) is 0 Å². The van der Waals surface area contributed by atoms with E-state index < -0.39 is 25.3 Å². The summed E-state index contributed by atoms with van der Waals surface area (Å²) in [6, 6.07) is 0. The summed E-state index contributed by atoms with van der Waals surface area (Å²) >= 11 is 0. The van der Waals surface area contributed by atoms with Gasteiger partial charge in [0, 0.05) is 36.6 Å². The molecular weight excluding hydrogens is 224 g/mol. The minimum atomic E-state index is -4.84. The van der Waals surface area contributed by atoms with Crippen LogP contribution in [0, 0.1) is 5.41 Å². The molecular formula is C4H10N3NaO5P. The second kappa shape index (κ2) is 5.69. The number of carboxylic acids is 1. The largest absolute Gasteiger partial charge is 0.479 e. The monoisotopic (exact) mass is 234 g/mol. The van der Waals surface area contributed by atoms with E-state index in [0.29, 0.717) is 4.90 Å². The van der Waals surface area contributed by atoms with Gasteiger partial charge in [-0.15, -0.1) is 0 Å². The first-order valence-corrected chi connectivity index (χ1v) is 4.71. The summed E-state index contributed by atoms with van der Waals surface area (Å²) in [5.74, 6) is -4.56. The van der Waals surface area contributed by atoms with Crippen molar-refractivity contribution >= 4 is 49.1 Å². The number of likely N-dealkylation sites (N-methyl/N-ethyl adjacent to an activating group) is 1. The summed E-state index contributed by atoms with van der Waals surface area (Å²) < 4.78 is 10.6. The molecule has 1 radical (unpaired) electrons. The first-order valence-electron chi connectivity index (χ1n) is 3.02. The van der Waals surface area contributed by atoms with Crippen LogP contribution >= 0.6 is 7.60 Å². The molecule has 0 amide bonds. The minimum absolute atomic E-state index is 0. The summed E-state index contributed by atoms with van der Waals surface area (Å²) in [7, 11) is -3.82. The molecule has 0 aliphatic heterocycles. The first kappa shape index (κ1) is 16.3. The van der Waals surface area contributed by atoms with Crippen molar-refractivity contribution in [3.63, 3.8) is 0 Å². The average molecular weight is 234 g/mol. The number of rotatable bonds is 3. The average Bonchev–Trinajstić information content (AvgIpc) is 1.82. The van der Waals surface area contributed by atoms with Crippen molar-refractivity contribution in [1.29, 1.82) is 5.41 Å². The van der Waals surface area contributed by atoms with Crippen molar-refractivity contribution in [2.24, 2.45) is 5.73 Å². The van der Waals surface area contributed by atoms with Gasteiger partial charge in [-0.25, -0.2) is 4.79 Å². The molecule has 0 fully saturated rings. The second-order valence-electron chi connectivity index (χ2n) is 2.30. The molecule has 8 nitrogen and oxygen atoms in total. The fourth-order valence-corrected chi connectivity index (χ4v) is 1.53. The normalized spacial score (nSPS) is 12.5. The third kappa shape index (κ3) is 4.41. The van der Waals surface area contributed by atoms with Gasteiger partial charge in [-0.05, 0) is 0 Å². The van der Waals surface area contributed by atoms with E-state index in [-0.39, 0.29) is 29.6 Å². The number of carbonyl (C=O) groups is 1. The van der Waals surface area contributed by atoms with E-state index in [0.717, 1.165) is 7.05 Å². The van der Waals surface area contributed by atoms with Crippen LogP contribution in [0.2, 0.25) is 0 Å². The van der Waals surface area contributed by atoms with Gasteiger partial charge < -0.3 is 25.5 Å². The van der Waals surface area contributed by atoms with Crippen molar-refractivity contribution < 1.29 is 24.3 Å². The summed E-state index contributed by atoms with van der Waals surface area (Å²) in [6.07, 6.45) is 0. The maximum atomic E-state index is 10.6. The van der Waals surface area contributed by atoms with Crippen molar-refractivity contribution in [2.45, 2.75) is 5.78 Å². The number of hydrogen-bond donors (Lipinski definition) is 5. The van der Waals surface area contributed by atoms with E-state index in [2.05, 4.69) is 0 Å². The Morgan fingerprint density at radius 3 is 2.00 bits per heavy atom. The van der Waals surface area contributed by atoms with Crippen LogP contribution in [0.4, 0.5) is 0 Å². The van der Waals surface area contributed by atoms with Crippen LogP contribution in [0.15, 0.2) is 0 Å². The zero-order valence-corrected chi connectivity index (χ0v) is 10.6. The minimum Gasteiger partial charge on any atom is -0.479 e. The third-order valence-corrected chi connectivity index (χ3v) is 2.49. The Kier molecular flexibility index (Phi) is 6.64. The van der Waals surface area contributed by atoms with Gasteiger partial charge in [0.15, 0.2) is 5.96 Å². The molecule has 0 aromatic heterocycles. The zero-order valence-electron chi connectivity index (χ0n) is 7.71. The van der Waals surface area contributed by atoms with Gasteiger partial charge in [-0.3, -0.25) is 9.97 Å². The molecule has 0 aromatic rings. The van der Waals surface area contributed by atoms with Crippen molar-refractivity contribution in [3.05, 3.63) is 0 Å². The predicted octanol–water partition coefficient (Wildman–Crippen LogP) is -1.98. The quantitative estimate of drug-likeness (QED) is 0.164. The maximum absolute atomic E-state index is 10.6. The molecule has 1 unspecified atom stereocenters. The zero-order chi connectivity index (χ0) is 10.8. The van der Waals surface area contributed by atoms with E-state index in [1.165, 1.54) is 0 Å². The van der Waals surface area contributed by atoms with Gasteiger partial charge in [0.25, 0.3) is 0 Å². The third-order valence-electron chi connectivity index (χ3n) is 1.29. The van der Waals surface area contributed by atoms with Crippen LogP contribution in [0.1, 0.15) is 0 Å². The van der Waals surface area contributed by atoms with Crippen molar-refractivity contribution in [2.75, 3.05) is 7.05 Å². The number of nitrogens with two attached hydrogens (primary N) is 1. The topological polar surface area (TPSA) is 148 Å². The van der Waals surface area contributed by atoms with Gasteiger partial charge in [0.2, 0.25) is 5.78 Å². The van der Waals surface area contributed by atoms with Crippen molar-refractivity contribution in [3.8, 4) is 0 Å². The van der Waals surface area contributed by atoms with Crippen LogP contribution in [0.3, 0.4) is 0 Å². The number of carboxylic acid groups (broad SMARTS) is 1. The summed E-state index contributed by atoms with van der Waals surface area (Å²) in [6.45, 7) is 0. The van der Waals surface area contributed by atoms with E-state index in [1.54, 1.807) is 0 Å². The standard InChI is InChI=1S/C4H10N3O5P.Na/c1-7(4(5)6)2(3(8)9)13(10,11)12;/h2H,1H3,(H3,5,6)(H,8,9)(H2,10,11,12);. The van der Waals surface area contributed by atoms with Crippen LogP contribution in [0.5, 0.6) is 0 Å². The van der Waals surface area contributed by atoms with Crippen LogP contribution in [-0.4, -0.2) is 74.1 Å². The summed E-state index contributed by atoms with van der Waals surface area (Å²) in [5.41, 5.74) is 4.87. The van der Waals surface area contributed by atoms with Gasteiger partial charge in [-0.1, -0.05) is 0 Å². The molecule has 77 valence electrons. The Labute approximate surface area is 102 Å². The molecule has 0 aliphatic carbocycles. The number of nitrogens with zero attached hydrogens (tertiary/aromatic N) is 1. The molecule has 1 atom stereocenters. The number of hydrogen-bond acceptors (Lipinski definition) is 3. The molecule has 0 heterocycles. The van der Waals surface area contributed by atoms with E-state index in [4.69, 9.17) is 26.0 Å². The van der Waals surface area contributed by atoms with E-state index in [1.807, 2.05) is 0 Å². The SMILES string of the molecule is CN(C(=N)N)C(C(=O)O)P(=O)(O)O.[Na]. The van der Waals surface area contributed by atoms with E-state index >= 15 is 0 Å². The summed E-state index contributed by atoms with van der Waals surface area (Å²) in [5, 5.41) is 15.2. The molecule has 0 saturated heterocycles. The molecule has 14 heavy (non-hydrogen) atoms. The molecule has 0 aromatic carbocycles. The number of guanidine groups is 1. The number of aliphatic carboxylic acids is 1. The Hall–Kier alpha value is -0.110. The Morgan fingerprint density at radius 2 is 1.93 bits per heavy atom. The Balaban J connectivity index is 0. The molecule has 0 rings (SSSR count). The van der Waals surface area contributed by atoms with Gasteiger partial charge in [0.1, 0.15) is 0 Å². The Morgan fingerprint density at radius 1 is 1.57 bits per heavy atom.